The molecule has 2 N–H and O–H groups in total. The summed E-state index contributed by atoms with van der Waals surface area (Å²) in [5.41, 5.74) is 2.21. The number of aromatic nitrogens is 2. The first-order chi connectivity index (χ1) is 14.9. The summed E-state index contributed by atoms with van der Waals surface area (Å²) in [6.07, 6.45) is 6.59. The van der Waals surface area contributed by atoms with E-state index < -0.39 is 11.9 Å². The van der Waals surface area contributed by atoms with Gasteiger partial charge in [0.25, 0.3) is 0 Å². The first-order valence-corrected chi connectivity index (χ1v) is 11.0. The third-order valence-electron chi connectivity index (χ3n) is 5.02. The largest absolute Gasteiger partial charge is 0.478 e. The second-order valence-corrected chi connectivity index (χ2v) is 8.83. The Morgan fingerprint density at radius 2 is 1.87 bits per heavy atom. The van der Waals surface area contributed by atoms with E-state index in [-0.39, 0.29) is 5.56 Å². The van der Waals surface area contributed by atoms with Crippen molar-refractivity contribution < 1.29 is 19.8 Å². The molecule has 0 fully saturated rings. The molecule has 31 heavy (non-hydrogen) atoms. The lowest BCUT2D eigenvalue weighted by Crippen LogP contribution is -2.09. The normalized spacial score (nSPS) is 11.6. The van der Waals surface area contributed by atoms with Crippen LogP contribution in [0.25, 0.3) is 6.08 Å². The summed E-state index contributed by atoms with van der Waals surface area (Å²) in [7, 11) is 0. The van der Waals surface area contributed by atoms with Crippen molar-refractivity contribution in [2.45, 2.75) is 46.1 Å². The van der Waals surface area contributed by atoms with Crippen molar-refractivity contribution in [3.8, 4) is 0 Å². The number of hydrogen-bond acceptors (Lipinski definition) is 4. The number of benzene rings is 1. The van der Waals surface area contributed by atoms with Crippen LogP contribution >= 0.6 is 11.3 Å². The number of carboxylic acid groups (broad SMARTS) is 2. The van der Waals surface area contributed by atoms with Gasteiger partial charge in [-0.2, -0.15) is 0 Å². The van der Waals surface area contributed by atoms with Crippen molar-refractivity contribution in [2.24, 2.45) is 0 Å². The summed E-state index contributed by atoms with van der Waals surface area (Å²) < 4.78 is 2.02. The highest BCUT2D eigenvalue weighted by Crippen LogP contribution is 2.22. The Hall–Kier alpha value is -3.19. The molecule has 2 aromatic heterocycles. The second kappa shape index (κ2) is 10.2. The zero-order valence-electron chi connectivity index (χ0n) is 17.7. The SMILES string of the molecule is CCCCc1ncc(C=C(Cc2ccc(C)s2)C(=O)O)n1Cc1ccc(C(=O)O)cc1. The fourth-order valence-electron chi connectivity index (χ4n) is 3.33. The van der Waals surface area contributed by atoms with E-state index in [2.05, 4.69) is 11.9 Å². The number of carbonyl (C=O) groups is 2. The van der Waals surface area contributed by atoms with Gasteiger partial charge in [0.2, 0.25) is 0 Å². The Kier molecular flexibility index (Phi) is 7.41. The second-order valence-electron chi connectivity index (χ2n) is 7.45. The van der Waals surface area contributed by atoms with Crippen LogP contribution in [-0.4, -0.2) is 31.7 Å². The number of unbranched alkanes of at least 4 members (excludes halogenated alkanes) is 1. The van der Waals surface area contributed by atoms with Gasteiger partial charge in [-0.25, -0.2) is 14.6 Å². The predicted molar refractivity (Wildman–Crippen MR) is 122 cm³/mol. The van der Waals surface area contributed by atoms with E-state index in [0.717, 1.165) is 46.1 Å². The van der Waals surface area contributed by atoms with Crippen LogP contribution in [0.5, 0.6) is 0 Å². The molecular weight excluding hydrogens is 412 g/mol. The van der Waals surface area contributed by atoms with Gasteiger partial charge in [0.05, 0.1) is 17.5 Å². The van der Waals surface area contributed by atoms with Crippen molar-refractivity contribution in [3.63, 3.8) is 0 Å². The minimum atomic E-state index is -0.962. The van der Waals surface area contributed by atoms with E-state index in [9.17, 15) is 14.7 Å². The molecule has 0 unspecified atom stereocenters. The number of aliphatic carboxylic acids is 1. The summed E-state index contributed by atoms with van der Waals surface area (Å²) in [5, 5.41) is 18.9. The van der Waals surface area contributed by atoms with E-state index in [4.69, 9.17) is 5.11 Å². The highest BCUT2D eigenvalue weighted by atomic mass is 32.1. The molecule has 0 radical (unpaired) electrons. The standard InChI is InChI=1S/C24H26N2O4S/c1-3-4-5-22-25-14-20(12-19(24(29)30)13-21-11-6-16(2)31-21)26(22)15-17-7-9-18(10-8-17)23(27)28/h6-12,14H,3-5,13,15H2,1-2H3,(H,27,28)(H,29,30). The number of carboxylic acids is 2. The highest BCUT2D eigenvalue weighted by Gasteiger charge is 2.15. The van der Waals surface area contributed by atoms with Crippen molar-refractivity contribution in [1.82, 2.24) is 9.55 Å². The van der Waals surface area contributed by atoms with Crippen molar-refractivity contribution >= 4 is 29.4 Å². The first-order valence-electron chi connectivity index (χ1n) is 10.2. The van der Waals surface area contributed by atoms with Crippen LogP contribution in [-0.2, 0) is 24.2 Å². The minimum absolute atomic E-state index is 0.236. The van der Waals surface area contributed by atoms with E-state index in [0.29, 0.717) is 18.5 Å². The van der Waals surface area contributed by atoms with Gasteiger partial charge in [0, 0.05) is 34.7 Å². The molecule has 3 aromatic rings. The Bertz CT molecular complexity index is 1090. The quantitative estimate of drug-likeness (QED) is 0.432. The zero-order chi connectivity index (χ0) is 22.4. The van der Waals surface area contributed by atoms with Crippen molar-refractivity contribution in [2.75, 3.05) is 0 Å². The average Bonchev–Trinajstić information content (AvgIpc) is 3.32. The van der Waals surface area contributed by atoms with Crippen LogP contribution in [0.3, 0.4) is 0 Å². The lowest BCUT2D eigenvalue weighted by molar-refractivity contribution is -0.132. The number of thiophene rings is 1. The van der Waals surface area contributed by atoms with Gasteiger partial charge < -0.3 is 14.8 Å². The van der Waals surface area contributed by atoms with Crippen LogP contribution < -0.4 is 0 Å². The molecule has 0 atom stereocenters. The molecule has 7 heteroatoms. The predicted octanol–water partition coefficient (Wildman–Crippen LogP) is 5.05. The number of imidazole rings is 1. The third kappa shape index (κ3) is 5.92. The van der Waals surface area contributed by atoms with Crippen LogP contribution in [0.1, 0.15) is 57.0 Å². The van der Waals surface area contributed by atoms with Crippen LogP contribution in [0.2, 0.25) is 0 Å². The van der Waals surface area contributed by atoms with Crippen LogP contribution in [0.15, 0.2) is 48.2 Å². The number of aromatic carboxylic acids is 1. The molecule has 0 saturated carbocycles. The molecule has 0 bridgehead atoms. The molecule has 6 nitrogen and oxygen atoms in total. The molecule has 0 saturated heterocycles. The molecule has 162 valence electrons. The monoisotopic (exact) mass is 438 g/mol. The van der Waals surface area contributed by atoms with E-state index in [1.807, 2.05) is 23.6 Å². The van der Waals surface area contributed by atoms with Gasteiger partial charge >= 0.3 is 11.9 Å². The van der Waals surface area contributed by atoms with Gasteiger partial charge in [0.15, 0.2) is 0 Å². The molecule has 0 spiro atoms. The third-order valence-corrected chi connectivity index (χ3v) is 6.02. The fourth-order valence-corrected chi connectivity index (χ4v) is 4.24. The van der Waals surface area contributed by atoms with Gasteiger partial charge in [-0.15, -0.1) is 11.3 Å². The van der Waals surface area contributed by atoms with Gasteiger partial charge in [-0.1, -0.05) is 25.5 Å². The first kappa shape index (κ1) is 22.5. The molecular formula is C24H26N2O4S. The topological polar surface area (TPSA) is 92.4 Å². The zero-order valence-corrected chi connectivity index (χ0v) is 18.5. The van der Waals surface area contributed by atoms with Gasteiger partial charge in [0.1, 0.15) is 5.82 Å². The van der Waals surface area contributed by atoms with Crippen LogP contribution in [0.4, 0.5) is 0 Å². The maximum absolute atomic E-state index is 11.9. The van der Waals surface area contributed by atoms with Crippen molar-refractivity contribution in [1.29, 1.82) is 0 Å². The lowest BCUT2D eigenvalue weighted by atomic mass is 10.1. The molecule has 3 rings (SSSR count). The number of rotatable bonds is 10. The van der Waals surface area contributed by atoms with Crippen LogP contribution in [0, 0.1) is 6.92 Å². The molecule has 0 aliphatic carbocycles. The maximum atomic E-state index is 11.9. The summed E-state index contributed by atoms with van der Waals surface area (Å²) in [6.45, 7) is 4.61. The Morgan fingerprint density at radius 3 is 2.45 bits per heavy atom. The van der Waals surface area contributed by atoms with Gasteiger partial charge in [-0.3, -0.25) is 0 Å². The molecule has 0 aliphatic heterocycles. The summed E-state index contributed by atoms with van der Waals surface area (Å²) in [5.74, 6) is -1.01. The molecule has 0 amide bonds. The lowest BCUT2D eigenvalue weighted by Gasteiger charge is -2.12. The Morgan fingerprint density at radius 1 is 1.13 bits per heavy atom. The Balaban J connectivity index is 1.94. The summed E-state index contributed by atoms with van der Waals surface area (Å²) >= 11 is 1.60. The summed E-state index contributed by atoms with van der Waals surface area (Å²) in [6, 6.07) is 10.7. The average molecular weight is 439 g/mol. The minimum Gasteiger partial charge on any atom is -0.478 e. The number of aryl methyl sites for hydroxylation is 2. The van der Waals surface area contributed by atoms with Crippen molar-refractivity contribution in [3.05, 3.63) is 80.6 Å². The van der Waals surface area contributed by atoms with Gasteiger partial charge in [-0.05, 0) is 49.2 Å². The Labute approximate surface area is 185 Å². The maximum Gasteiger partial charge on any atom is 0.335 e. The number of nitrogens with zero attached hydrogens (tertiary/aromatic N) is 2. The fraction of sp³-hybridized carbons (Fsp3) is 0.292. The molecule has 2 heterocycles. The van der Waals surface area contributed by atoms with E-state index in [1.54, 1.807) is 47.9 Å². The smallest absolute Gasteiger partial charge is 0.335 e. The summed E-state index contributed by atoms with van der Waals surface area (Å²) in [4.78, 5) is 29.7. The van der Waals surface area contributed by atoms with E-state index >= 15 is 0 Å². The molecule has 1 aromatic carbocycles. The number of hydrogen-bond donors (Lipinski definition) is 2. The highest BCUT2D eigenvalue weighted by molar-refractivity contribution is 7.11. The molecule has 0 aliphatic rings. The van der Waals surface area contributed by atoms with E-state index in [1.165, 1.54) is 0 Å².